The van der Waals surface area contributed by atoms with E-state index in [1.165, 1.54) is 19.3 Å². The maximum atomic E-state index is 10.6. The van der Waals surface area contributed by atoms with Crippen LogP contribution in [-0.2, 0) is 4.84 Å². The number of hydrogen-bond acceptors (Lipinski definition) is 3. The molecule has 4 nitrogen and oxygen atoms in total. The van der Waals surface area contributed by atoms with Crippen LogP contribution in [0.4, 0.5) is 0 Å². The minimum atomic E-state index is -0.561. The van der Waals surface area contributed by atoms with Crippen LogP contribution < -0.4 is 0 Å². The summed E-state index contributed by atoms with van der Waals surface area (Å²) in [6, 6.07) is 0. The maximum absolute atomic E-state index is 10.6. The van der Waals surface area contributed by atoms with Crippen LogP contribution in [0.3, 0.4) is 0 Å². The molecule has 0 radical (unpaired) electrons. The largest absolute Gasteiger partial charge is 0.307 e. The topological polar surface area (TPSA) is 52.4 Å². The molecule has 0 saturated heterocycles. The Balaban J connectivity index is 1.83. The molecular formula is C12H19NO3. The summed E-state index contributed by atoms with van der Waals surface area (Å²) in [5, 5.41) is 10.1. The third-order valence-corrected chi connectivity index (χ3v) is 5.15. The summed E-state index contributed by atoms with van der Waals surface area (Å²) in [5.41, 5.74) is -0.397. The molecule has 4 bridgehead atoms. The van der Waals surface area contributed by atoms with Crippen molar-refractivity contribution < 1.29 is 9.92 Å². The summed E-state index contributed by atoms with van der Waals surface area (Å²) in [6.45, 7) is 2.26. The number of hydrogen-bond donors (Lipinski definition) is 0. The fraction of sp³-hybridized carbons (Fsp3) is 1.00. The molecule has 4 fully saturated rings. The van der Waals surface area contributed by atoms with Gasteiger partial charge in [0.25, 0.3) is 5.09 Å². The van der Waals surface area contributed by atoms with Gasteiger partial charge < -0.3 is 4.84 Å². The van der Waals surface area contributed by atoms with E-state index < -0.39 is 10.7 Å². The summed E-state index contributed by atoms with van der Waals surface area (Å²) in [5.74, 6) is 2.88. The van der Waals surface area contributed by atoms with Gasteiger partial charge in [-0.3, -0.25) is 0 Å². The van der Waals surface area contributed by atoms with Gasteiger partial charge in [-0.15, -0.1) is 10.1 Å². The molecule has 4 saturated carbocycles. The van der Waals surface area contributed by atoms with E-state index in [0.29, 0.717) is 17.8 Å². The van der Waals surface area contributed by atoms with E-state index >= 15 is 0 Å². The Kier molecular flexibility index (Phi) is 2.17. The van der Waals surface area contributed by atoms with Gasteiger partial charge in [0.2, 0.25) is 0 Å². The average Bonchev–Trinajstić information content (AvgIpc) is 2.13. The molecule has 4 heteroatoms. The summed E-state index contributed by atoms with van der Waals surface area (Å²) in [7, 11) is 0. The fourth-order valence-corrected chi connectivity index (χ4v) is 4.99. The molecule has 0 aliphatic heterocycles. The number of nitrogens with zero attached hydrogens (tertiary/aromatic N) is 1. The lowest BCUT2D eigenvalue weighted by molar-refractivity contribution is -0.785. The predicted molar refractivity (Wildman–Crippen MR) is 58.1 cm³/mol. The molecule has 4 aliphatic carbocycles. The minimum absolute atomic E-state index is 0.397. The molecule has 0 amide bonds. The highest BCUT2D eigenvalue weighted by molar-refractivity contribution is 5.05. The van der Waals surface area contributed by atoms with Gasteiger partial charge in [0.15, 0.2) is 0 Å². The highest BCUT2D eigenvalue weighted by Gasteiger charge is 2.56. The second-order valence-electron chi connectivity index (χ2n) is 6.04. The van der Waals surface area contributed by atoms with Crippen molar-refractivity contribution in [1.82, 2.24) is 0 Å². The molecule has 0 aromatic heterocycles. The summed E-state index contributed by atoms with van der Waals surface area (Å²) >= 11 is 0. The smallest absolute Gasteiger partial charge is 0.295 e. The highest BCUT2D eigenvalue weighted by Crippen LogP contribution is 2.60. The van der Waals surface area contributed by atoms with E-state index in [1.54, 1.807) is 0 Å². The van der Waals surface area contributed by atoms with Crippen molar-refractivity contribution in [2.75, 3.05) is 0 Å². The Morgan fingerprint density at radius 3 is 2.44 bits per heavy atom. The first-order chi connectivity index (χ1) is 7.62. The van der Waals surface area contributed by atoms with Crippen molar-refractivity contribution in [3.05, 3.63) is 10.1 Å². The molecule has 0 aromatic rings. The zero-order valence-electron chi connectivity index (χ0n) is 9.72. The average molecular weight is 225 g/mol. The standard InChI is InChI=1S/C12H19NO3/c1-2-11-9-3-8-4-10(11)7-12(5-8,6-9)16-13(14)15/h8-11H,2-7H2,1H3/t8?,9-,10+,11?,12?. The molecular weight excluding hydrogens is 206 g/mol. The van der Waals surface area contributed by atoms with E-state index in [2.05, 4.69) is 6.92 Å². The van der Waals surface area contributed by atoms with Crippen LogP contribution >= 0.6 is 0 Å². The predicted octanol–water partition coefficient (Wildman–Crippen LogP) is 2.80. The molecule has 90 valence electrons. The Hall–Kier alpha value is -0.800. The van der Waals surface area contributed by atoms with Crippen molar-refractivity contribution >= 4 is 0 Å². The third kappa shape index (κ3) is 1.42. The second-order valence-corrected chi connectivity index (χ2v) is 6.04. The van der Waals surface area contributed by atoms with Crippen LogP contribution in [0.2, 0.25) is 0 Å². The monoisotopic (exact) mass is 225 g/mol. The first-order valence-electron chi connectivity index (χ1n) is 6.45. The second kappa shape index (κ2) is 3.34. The third-order valence-electron chi connectivity index (χ3n) is 5.15. The number of rotatable bonds is 3. The Morgan fingerprint density at radius 1 is 1.31 bits per heavy atom. The minimum Gasteiger partial charge on any atom is -0.307 e. The summed E-state index contributed by atoms with van der Waals surface area (Å²) < 4.78 is 0. The lowest BCUT2D eigenvalue weighted by Crippen LogP contribution is -2.56. The van der Waals surface area contributed by atoms with Gasteiger partial charge >= 0.3 is 0 Å². The van der Waals surface area contributed by atoms with E-state index in [9.17, 15) is 10.1 Å². The van der Waals surface area contributed by atoms with Crippen LogP contribution in [0.5, 0.6) is 0 Å². The van der Waals surface area contributed by atoms with Crippen molar-refractivity contribution in [3.63, 3.8) is 0 Å². The normalized spacial score (nSPS) is 49.3. The van der Waals surface area contributed by atoms with Crippen LogP contribution in [0.1, 0.15) is 45.4 Å². The SMILES string of the molecule is CCC1[C@@H]2CC3C[C@H]1CC(O[N+](=O)[O-])(C3)C2. The molecule has 16 heavy (non-hydrogen) atoms. The van der Waals surface area contributed by atoms with Gasteiger partial charge in [-0.25, -0.2) is 0 Å². The lowest BCUT2D eigenvalue weighted by atomic mass is 9.49. The van der Waals surface area contributed by atoms with Crippen LogP contribution in [0.15, 0.2) is 0 Å². The van der Waals surface area contributed by atoms with Gasteiger partial charge in [0.1, 0.15) is 5.60 Å². The molecule has 4 aliphatic rings. The Labute approximate surface area is 95.5 Å². The van der Waals surface area contributed by atoms with Crippen molar-refractivity contribution in [2.24, 2.45) is 23.7 Å². The highest BCUT2D eigenvalue weighted by atomic mass is 17.0. The van der Waals surface area contributed by atoms with Crippen molar-refractivity contribution in [2.45, 2.75) is 51.0 Å². The molecule has 0 N–H and O–H groups in total. The van der Waals surface area contributed by atoms with Crippen LogP contribution in [-0.4, -0.2) is 10.7 Å². The zero-order valence-corrected chi connectivity index (χ0v) is 9.72. The molecule has 4 rings (SSSR count). The molecule has 0 aromatic carbocycles. The first kappa shape index (κ1) is 10.4. The summed E-state index contributed by atoms with van der Waals surface area (Å²) in [6.07, 6.45) is 6.60. The first-order valence-corrected chi connectivity index (χ1v) is 6.45. The Bertz CT molecular complexity index is 301. The van der Waals surface area contributed by atoms with E-state index in [0.717, 1.165) is 25.2 Å². The fourth-order valence-electron chi connectivity index (χ4n) is 4.99. The molecule has 3 unspecified atom stereocenters. The van der Waals surface area contributed by atoms with Crippen molar-refractivity contribution in [3.8, 4) is 0 Å². The van der Waals surface area contributed by atoms with E-state index in [4.69, 9.17) is 4.84 Å². The van der Waals surface area contributed by atoms with Crippen LogP contribution in [0.25, 0.3) is 0 Å². The maximum Gasteiger partial charge on any atom is 0.295 e. The molecule has 5 atom stereocenters. The van der Waals surface area contributed by atoms with Crippen molar-refractivity contribution in [1.29, 1.82) is 0 Å². The van der Waals surface area contributed by atoms with Gasteiger partial charge in [0, 0.05) is 0 Å². The quantitative estimate of drug-likeness (QED) is 0.548. The van der Waals surface area contributed by atoms with E-state index in [1.807, 2.05) is 0 Å². The van der Waals surface area contributed by atoms with Gasteiger partial charge in [0.05, 0.1) is 0 Å². The van der Waals surface area contributed by atoms with Gasteiger partial charge in [-0.1, -0.05) is 13.3 Å². The van der Waals surface area contributed by atoms with E-state index in [-0.39, 0.29) is 0 Å². The Morgan fingerprint density at radius 2 is 1.94 bits per heavy atom. The van der Waals surface area contributed by atoms with Crippen LogP contribution in [0, 0.1) is 33.8 Å². The summed E-state index contributed by atoms with van der Waals surface area (Å²) in [4.78, 5) is 15.7. The molecule has 0 spiro atoms. The zero-order chi connectivity index (χ0) is 11.3. The lowest BCUT2D eigenvalue weighted by Gasteiger charge is -2.58. The van der Waals surface area contributed by atoms with Gasteiger partial charge in [-0.2, -0.15) is 0 Å². The molecule has 0 heterocycles. The van der Waals surface area contributed by atoms with Gasteiger partial charge in [-0.05, 0) is 55.8 Å².